The molecule has 1 aliphatic carbocycles. The fourth-order valence-electron chi connectivity index (χ4n) is 3.09. The topological polar surface area (TPSA) is 24.9 Å². The zero-order chi connectivity index (χ0) is 13.7. The van der Waals surface area contributed by atoms with Crippen molar-refractivity contribution in [3.8, 4) is 0 Å². The minimum absolute atomic E-state index is 0.644. The molecule has 0 radical (unpaired) electrons. The van der Waals surface area contributed by atoms with Gasteiger partial charge in [0.05, 0.1) is 10.7 Å². The van der Waals surface area contributed by atoms with E-state index in [1.165, 1.54) is 54.1 Å². The molecule has 3 heteroatoms. The van der Waals surface area contributed by atoms with Crippen LogP contribution in [-0.2, 0) is 6.42 Å². The lowest BCUT2D eigenvalue weighted by atomic mass is 9.82. The normalized spacial score (nSPS) is 18.7. The molecule has 1 aromatic heterocycles. The van der Waals surface area contributed by atoms with Crippen molar-refractivity contribution in [2.75, 3.05) is 6.54 Å². The molecule has 1 heterocycles. The van der Waals surface area contributed by atoms with E-state index in [0.29, 0.717) is 6.04 Å². The van der Waals surface area contributed by atoms with Crippen LogP contribution in [-0.4, -0.2) is 17.6 Å². The lowest BCUT2D eigenvalue weighted by Gasteiger charge is -2.30. The maximum Gasteiger partial charge on any atom is 0.0946 e. The molecule has 0 amide bonds. The third-order valence-electron chi connectivity index (χ3n) is 4.34. The van der Waals surface area contributed by atoms with E-state index in [9.17, 15) is 0 Å². The van der Waals surface area contributed by atoms with Gasteiger partial charge in [0, 0.05) is 17.3 Å². The molecule has 1 saturated carbocycles. The van der Waals surface area contributed by atoms with E-state index < -0.39 is 0 Å². The average molecular weight is 280 g/mol. The summed E-state index contributed by atoms with van der Waals surface area (Å²) in [4.78, 5) is 6.11. The van der Waals surface area contributed by atoms with E-state index >= 15 is 0 Å². The molecule has 1 N–H and O–H groups in total. The Hall–Kier alpha value is -0.410. The highest BCUT2D eigenvalue weighted by atomic mass is 32.1. The summed E-state index contributed by atoms with van der Waals surface area (Å²) >= 11 is 1.89. The van der Waals surface area contributed by atoms with Gasteiger partial charge in [-0.3, -0.25) is 0 Å². The molecule has 0 bridgehead atoms. The van der Waals surface area contributed by atoms with Crippen LogP contribution >= 0.6 is 11.3 Å². The minimum atomic E-state index is 0.644. The van der Waals surface area contributed by atoms with Gasteiger partial charge in [-0.1, -0.05) is 26.2 Å². The second-order valence-electron chi connectivity index (χ2n) is 5.91. The standard InChI is InChI=1S/C16H28N2S/c1-4-10-17-15(14-8-6-5-7-9-14)11-16-18-12(2)13(3)19-16/h14-15,17H,4-11H2,1-3H3. The van der Waals surface area contributed by atoms with Crippen LogP contribution < -0.4 is 5.32 Å². The van der Waals surface area contributed by atoms with E-state index in [-0.39, 0.29) is 0 Å². The van der Waals surface area contributed by atoms with Crippen molar-refractivity contribution in [3.63, 3.8) is 0 Å². The zero-order valence-electron chi connectivity index (χ0n) is 12.7. The zero-order valence-corrected chi connectivity index (χ0v) is 13.5. The summed E-state index contributed by atoms with van der Waals surface area (Å²) in [5, 5.41) is 5.11. The average Bonchev–Trinajstić information content (AvgIpc) is 2.74. The summed E-state index contributed by atoms with van der Waals surface area (Å²) in [5.74, 6) is 0.866. The van der Waals surface area contributed by atoms with Crippen molar-refractivity contribution in [3.05, 3.63) is 15.6 Å². The molecule has 1 aromatic rings. The number of rotatable bonds is 6. The first kappa shape index (κ1) is 15.0. The van der Waals surface area contributed by atoms with E-state index in [4.69, 9.17) is 4.98 Å². The highest BCUT2D eigenvalue weighted by Crippen LogP contribution is 2.29. The molecule has 0 spiro atoms. The van der Waals surface area contributed by atoms with E-state index in [1.807, 2.05) is 11.3 Å². The Bertz CT molecular complexity index is 361. The SMILES string of the molecule is CCCNC(Cc1nc(C)c(C)s1)C1CCCCC1. The van der Waals surface area contributed by atoms with Crippen molar-refractivity contribution < 1.29 is 0 Å². The minimum Gasteiger partial charge on any atom is -0.313 e. The van der Waals surface area contributed by atoms with E-state index in [1.54, 1.807) is 0 Å². The number of thiazole rings is 1. The maximum atomic E-state index is 4.73. The van der Waals surface area contributed by atoms with Crippen molar-refractivity contribution in [1.82, 2.24) is 10.3 Å². The van der Waals surface area contributed by atoms with Crippen molar-refractivity contribution in [2.45, 2.75) is 71.8 Å². The molecule has 0 aromatic carbocycles. The highest BCUT2D eigenvalue weighted by molar-refractivity contribution is 7.11. The number of nitrogens with one attached hydrogen (secondary N) is 1. The monoisotopic (exact) mass is 280 g/mol. The van der Waals surface area contributed by atoms with Crippen LogP contribution in [0.5, 0.6) is 0 Å². The van der Waals surface area contributed by atoms with Gasteiger partial charge in [-0.2, -0.15) is 0 Å². The quantitative estimate of drug-likeness (QED) is 0.842. The number of nitrogens with zero attached hydrogens (tertiary/aromatic N) is 1. The molecule has 1 aliphatic rings. The van der Waals surface area contributed by atoms with Gasteiger partial charge in [0.1, 0.15) is 0 Å². The summed E-state index contributed by atoms with van der Waals surface area (Å²) in [6.45, 7) is 7.71. The molecule has 1 unspecified atom stereocenters. The first-order valence-corrected chi connectivity index (χ1v) is 8.68. The fourth-order valence-corrected chi connectivity index (χ4v) is 4.08. The molecule has 0 saturated heterocycles. The lowest BCUT2D eigenvalue weighted by molar-refractivity contribution is 0.267. The van der Waals surface area contributed by atoms with Gasteiger partial charge < -0.3 is 5.32 Å². The van der Waals surface area contributed by atoms with Crippen LogP contribution in [0.4, 0.5) is 0 Å². The lowest BCUT2D eigenvalue weighted by Crippen LogP contribution is -2.39. The third kappa shape index (κ3) is 4.28. The maximum absolute atomic E-state index is 4.73. The number of hydrogen-bond donors (Lipinski definition) is 1. The Morgan fingerprint density at radius 2 is 2.00 bits per heavy atom. The Morgan fingerprint density at radius 3 is 2.58 bits per heavy atom. The summed E-state index contributed by atoms with van der Waals surface area (Å²) in [6.07, 6.45) is 9.45. The summed E-state index contributed by atoms with van der Waals surface area (Å²) in [6, 6.07) is 0.644. The molecule has 19 heavy (non-hydrogen) atoms. The second kappa shape index (κ2) is 7.39. The predicted molar refractivity (Wildman–Crippen MR) is 83.9 cm³/mol. The van der Waals surface area contributed by atoms with Crippen molar-refractivity contribution in [1.29, 1.82) is 0 Å². The van der Waals surface area contributed by atoms with Gasteiger partial charge in [-0.15, -0.1) is 11.3 Å². The molecule has 0 aliphatic heterocycles. The fraction of sp³-hybridized carbons (Fsp3) is 0.812. The van der Waals surface area contributed by atoms with Crippen LogP contribution in [0, 0.1) is 19.8 Å². The predicted octanol–water partition coefficient (Wildman–Crippen LogP) is 4.25. The van der Waals surface area contributed by atoms with Crippen molar-refractivity contribution in [2.24, 2.45) is 5.92 Å². The Labute approximate surface area is 122 Å². The first-order valence-electron chi connectivity index (χ1n) is 7.87. The molecule has 108 valence electrons. The summed E-state index contributed by atoms with van der Waals surface area (Å²) < 4.78 is 0. The van der Waals surface area contributed by atoms with Gasteiger partial charge in [-0.05, 0) is 45.6 Å². The third-order valence-corrected chi connectivity index (χ3v) is 5.44. The van der Waals surface area contributed by atoms with Crippen LogP contribution in [0.2, 0.25) is 0 Å². The largest absolute Gasteiger partial charge is 0.313 e. The second-order valence-corrected chi connectivity index (χ2v) is 7.20. The molecule has 1 fully saturated rings. The molecule has 2 rings (SSSR count). The summed E-state index contributed by atoms with van der Waals surface area (Å²) in [7, 11) is 0. The molecule has 1 atom stereocenters. The molecular formula is C16H28N2S. The smallest absolute Gasteiger partial charge is 0.0946 e. The molecule has 2 nitrogen and oxygen atoms in total. The summed E-state index contributed by atoms with van der Waals surface area (Å²) in [5.41, 5.74) is 1.22. The Balaban J connectivity index is 1.99. The van der Waals surface area contributed by atoms with Crippen LogP contribution in [0.15, 0.2) is 0 Å². The van der Waals surface area contributed by atoms with E-state index in [0.717, 1.165) is 18.9 Å². The van der Waals surface area contributed by atoms with Gasteiger partial charge >= 0.3 is 0 Å². The number of hydrogen-bond acceptors (Lipinski definition) is 3. The van der Waals surface area contributed by atoms with Gasteiger partial charge in [0.25, 0.3) is 0 Å². The Kier molecular flexibility index (Phi) is 5.83. The Morgan fingerprint density at radius 1 is 1.26 bits per heavy atom. The first-order chi connectivity index (χ1) is 9.20. The highest BCUT2D eigenvalue weighted by Gasteiger charge is 2.24. The van der Waals surface area contributed by atoms with E-state index in [2.05, 4.69) is 26.1 Å². The number of aryl methyl sites for hydroxylation is 2. The van der Waals surface area contributed by atoms with Crippen molar-refractivity contribution >= 4 is 11.3 Å². The number of aromatic nitrogens is 1. The van der Waals surface area contributed by atoms with Gasteiger partial charge in [-0.25, -0.2) is 4.98 Å². The molecular weight excluding hydrogens is 252 g/mol. The van der Waals surface area contributed by atoms with Crippen LogP contribution in [0.1, 0.15) is 61.0 Å². The van der Waals surface area contributed by atoms with Crippen LogP contribution in [0.25, 0.3) is 0 Å². The van der Waals surface area contributed by atoms with Gasteiger partial charge in [0.2, 0.25) is 0 Å². The van der Waals surface area contributed by atoms with Gasteiger partial charge in [0.15, 0.2) is 0 Å². The van der Waals surface area contributed by atoms with Crippen LogP contribution in [0.3, 0.4) is 0 Å².